The molecule has 0 amide bonds. The smallest absolute Gasteiger partial charge is 0.162 e. The second kappa shape index (κ2) is 9.95. The highest BCUT2D eigenvalue weighted by molar-refractivity contribution is 5.93. The normalized spacial score (nSPS) is 10.5. The predicted molar refractivity (Wildman–Crippen MR) is 126 cm³/mol. The lowest BCUT2D eigenvalue weighted by molar-refractivity contribution is 0.278. The van der Waals surface area contributed by atoms with Gasteiger partial charge in [-0.05, 0) is 24.3 Å². The summed E-state index contributed by atoms with van der Waals surface area (Å²) in [5, 5.41) is 4.12. The summed E-state index contributed by atoms with van der Waals surface area (Å²) in [5.41, 5.74) is 2.46. The van der Waals surface area contributed by atoms with Gasteiger partial charge in [-0.25, -0.2) is 9.97 Å². The fourth-order valence-electron chi connectivity index (χ4n) is 3.46. The lowest BCUT2D eigenvalue weighted by Gasteiger charge is -2.15. The number of nitrogens with one attached hydrogen (secondary N) is 1. The Morgan fingerprint density at radius 2 is 1.39 bits per heavy atom. The molecular formula is C25H25N3O5. The first-order valence-corrected chi connectivity index (χ1v) is 10.2. The van der Waals surface area contributed by atoms with E-state index in [1.165, 1.54) is 6.33 Å². The van der Waals surface area contributed by atoms with Crippen molar-refractivity contribution in [3.8, 4) is 28.7 Å². The molecule has 0 fully saturated rings. The lowest BCUT2D eigenvalue weighted by Crippen LogP contribution is -2.01. The van der Waals surface area contributed by atoms with Crippen molar-refractivity contribution in [1.29, 1.82) is 0 Å². The van der Waals surface area contributed by atoms with Crippen LogP contribution in [0.2, 0.25) is 0 Å². The highest BCUT2D eigenvalue weighted by atomic mass is 16.5. The van der Waals surface area contributed by atoms with E-state index in [0.29, 0.717) is 35.4 Å². The van der Waals surface area contributed by atoms with Gasteiger partial charge in [-0.2, -0.15) is 0 Å². The van der Waals surface area contributed by atoms with Crippen molar-refractivity contribution in [2.75, 3.05) is 33.8 Å². The molecule has 0 aliphatic carbocycles. The average molecular weight is 447 g/mol. The number of nitrogens with zero attached hydrogens (tertiary/aromatic N) is 2. The minimum absolute atomic E-state index is 0.353. The Morgan fingerprint density at radius 1 is 0.697 bits per heavy atom. The van der Waals surface area contributed by atoms with E-state index in [1.54, 1.807) is 28.4 Å². The van der Waals surface area contributed by atoms with Crippen molar-refractivity contribution < 1.29 is 23.7 Å². The molecule has 1 aromatic heterocycles. The summed E-state index contributed by atoms with van der Waals surface area (Å²) in [5.74, 6) is 3.82. The topological polar surface area (TPSA) is 84.0 Å². The second-order valence-electron chi connectivity index (χ2n) is 7.04. The molecule has 0 unspecified atom stereocenters. The number of hydrogen-bond donors (Lipinski definition) is 1. The first-order chi connectivity index (χ1) is 16.2. The van der Waals surface area contributed by atoms with Gasteiger partial charge in [-0.1, -0.05) is 18.2 Å². The SMILES string of the molecule is COc1ccccc1COc1ccc(Nc2ncnc3cc(OC)c(OC)cc23)cc1OC. The largest absolute Gasteiger partial charge is 0.496 e. The van der Waals surface area contributed by atoms with E-state index in [9.17, 15) is 0 Å². The molecule has 0 radical (unpaired) electrons. The molecule has 0 bridgehead atoms. The Morgan fingerprint density at radius 3 is 2.15 bits per heavy atom. The van der Waals surface area contributed by atoms with Gasteiger partial charge in [0.25, 0.3) is 0 Å². The van der Waals surface area contributed by atoms with Gasteiger partial charge < -0.3 is 29.0 Å². The fraction of sp³-hybridized carbons (Fsp3) is 0.200. The number of aromatic nitrogens is 2. The van der Waals surface area contributed by atoms with Crippen LogP contribution in [0.4, 0.5) is 11.5 Å². The summed E-state index contributed by atoms with van der Waals surface area (Å²) < 4.78 is 27.7. The number of fused-ring (bicyclic) bond motifs is 1. The van der Waals surface area contributed by atoms with Crippen molar-refractivity contribution >= 4 is 22.4 Å². The molecule has 33 heavy (non-hydrogen) atoms. The second-order valence-corrected chi connectivity index (χ2v) is 7.04. The number of para-hydroxylation sites is 1. The summed E-state index contributed by atoms with van der Waals surface area (Å²) in [6.45, 7) is 0.353. The fourth-order valence-corrected chi connectivity index (χ4v) is 3.46. The highest BCUT2D eigenvalue weighted by Crippen LogP contribution is 2.36. The van der Waals surface area contributed by atoms with Crippen LogP contribution in [0.5, 0.6) is 28.7 Å². The minimum atomic E-state index is 0.353. The number of anilines is 2. The van der Waals surface area contributed by atoms with Crippen molar-refractivity contribution in [3.63, 3.8) is 0 Å². The van der Waals surface area contributed by atoms with E-state index in [0.717, 1.165) is 27.9 Å². The Hall–Kier alpha value is -4.20. The van der Waals surface area contributed by atoms with E-state index in [2.05, 4.69) is 15.3 Å². The molecule has 0 saturated carbocycles. The number of ether oxygens (including phenoxy) is 5. The van der Waals surface area contributed by atoms with E-state index in [-0.39, 0.29) is 0 Å². The number of methoxy groups -OCH3 is 4. The maximum Gasteiger partial charge on any atom is 0.162 e. The summed E-state index contributed by atoms with van der Waals surface area (Å²) in [6.07, 6.45) is 1.50. The molecular weight excluding hydrogens is 422 g/mol. The van der Waals surface area contributed by atoms with Crippen molar-refractivity contribution in [1.82, 2.24) is 9.97 Å². The van der Waals surface area contributed by atoms with Crippen molar-refractivity contribution in [2.45, 2.75) is 6.61 Å². The van der Waals surface area contributed by atoms with E-state index < -0.39 is 0 Å². The van der Waals surface area contributed by atoms with Crippen molar-refractivity contribution in [3.05, 3.63) is 66.5 Å². The van der Waals surface area contributed by atoms with Gasteiger partial charge in [-0.3, -0.25) is 0 Å². The van der Waals surface area contributed by atoms with Gasteiger partial charge in [0.1, 0.15) is 24.5 Å². The summed E-state index contributed by atoms with van der Waals surface area (Å²) >= 11 is 0. The summed E-state index contributed by atoms with van der Waals surface area (Å²) in [4.78, 5) is 8.74. The minimum Gasteiger partial charge on any atom is -0.496 e. The molecule has 170 valence electrons. The third kappa shape index (κ3) is 4.69. The van der Waals surface area contributed by atoms with Crippen LogP contribution >= 0.6 is 0 Å². The molecule has 0 aliphatic heterocycles. The quantitative estimate of drug-likeness (QED) is 0.384. The Bertz CT molecular complexity index is 1260. The third-order valence-electron chi connectivity index (χ3n) is 5.14. The number of hydrogen-bond acceptors (Lipinski definition) is 8. The number of benzene rings is 3. The monoisotopic (exact) mass is 447 g/mol. The molecule has 4 rings (SSSR count). The van der Waals surface area contributed by atoms with Gasteiger partial charge in [0.2, 0.25) is 0 Å². The van der Waals surface area contributed by atoms with Gasteiger partial charge in [0, 0.05) is 28.8 Å². The third-order valence-corrected chi connectivity index (χ3v) is 5.14. The zero-order valence-electron chi connectivity index (χ0n) is 18.9. The molecule has 1 N–H and O–H groups in total. The van der Waals surface area contributed by atoms with Crippen molar-refractivity contribution in [2.24, 2.45) is 0 Å². The highest BCUT2D eigenvalue weighted by Gasteiger charge is 2.13. The average Bonchev–Trinajstić information content (AvgIpc) is 2.87. The maximum atomic E-state index is 6.00. The zero-order valence-corrected chi connectivity index (χ0v) is 18.9. The Balaban J connectivity index is 1.59. The van der Waals surface area contributed by atoms with E-state index in [1.807, 2.05) is 54.6 Å². The molecule has 1 heterocycles. The van der Waals surface area contributed by atoms with Crippen LogP contribution in [0.1, 0.15) is 5.56 Å². The summed E-state index contributed by atoms with van der Waals surface area (Å²) in [6, 6.07) is 17.0. The molecule has 0 atom stereocenters. The Labute approximate surface area is 192 Å². The molecule has 3 aromatic carbocycles. The van der Waals surface area contributed by atoms with Crippen LogP contribution in [0.25, 0.3) is 10.9 Å². The summed E-state index contributed by atoms with van der Waals surface area (Å²) in [7, 11) is 6.43. The van der Waals surface area contributed by atoms with Gasteiger partial charge in [0.05, 0.1) is 34.0 Å². The predicted octanol–water partition coefficient (Wildman–Crippen LogP) is 4.99. The molecule has 0 aliphatic rings. The molecule has 0 saturated heterocycles. The first kappa shape index (κ1) is 22.0. The molecule has 0 spiro atoms. The van der Waals surface area contributed by atoms with Crippen LogP contribution in [-0.4, -0.2) is 38.4 Å². The van der Waals surface area contributed by atoms with Crippen LogP contribution in [0.15, 0.2) is 60.9 Å². The van der Waals surface area contributed by atoms with E-state index >= 15 is 0 Å². The standard InChI is InChI=1S/C25H25N3O5/c1-29-20-8-6-5-7-16(20)14-33-21-10-9-17(11-22(21)30-2)28-25-18-12-23(31-3)24(32-4)13-19(18)26-15-27-25/h5-13,15H,14H2,1-4H3,(H,26,27,28). The van der Waals surface area contributed by atoms with Crippen LogP contribution in [-0.2, 0) is 6.61 Å². The Kier molecular flexibility index (Phi) is 6.64. The van der Waals surface area contributed by atoms with Gasteiger partial charge in [-0.15, -0.1) is 0 Å². The van der Waals surface area contributed by atoms with Crippen LogP contribution < -0.4 is 29.0 Å². The van der Waals surface area contributed by atoms with Gasteiger partial charge in [0.15, 0.2) is 23.0 Å². The molecule has 4 aromatic rings. The molecule has 8 nitrogen and oxygen atoms in total. The van der Waals surface area contributed by atoms with Crippen LogP contribution in [0, 0.1) is 0 Å². The van der Waals surface area contributed by atoms with E-state index in [4.69, 9.17) is 23.7 Å². The zero-order chi connectivity index (χ0) is 23.2. The number of rotatable bonds is 9. The van der Waals surface area contributed by atoms with Crippen LogP contribution in [0.3, 0.4) is 0 Å². The first-order valence-electron chi connectivity index (χ1n) is 10.2. The molecule has 8 heteroatoms. The van der Waals surface area contributed by atoms with Gasteiger partial charge >= 0.3 is 0 Å². The maximum absolute atomic E-state index is 6.00. The lowest BCUT2D eigenvalue weighted by atomic mass is 10.2.